The highest BCUT2D eigenvalue weighted by Gasteiger charge is 2.28. The summed E-state index contributed by atoms with van der Waals surface area (Å²) in [7, 11) is 0. The smallest absolute Gasteiger partial charge is 0.338 e. The number of esters is 1. The summed E-state index contributed by atoms with van der Waals surface area (Å²) < 4.78 is 5.65. The van der Waals surface area contributed by atoms with Crippen molar-refractivity contribution >= 4 is 57.7 Å². The fourth-order valence-corrected chi connectivity index (χ4v) is 6.55. The summed E-state index contributed by atoms with van der Waals surface area (Å²) in [5.41, 5.74) is 4.65. The van der Waals surface area contributed by atoms with Crippen LogP contribution in [-0.2, 0) is 22.6 Å². The first-order valence-electron chi connectivity index (χ1n) is 15.9. The SMILES string of the molecule is O=C(OCC(Cl)(Cl)Cl)c1ccc(CNC(=O)C(CCCCn2cc(-c3ccccc3)c3cccnc32)C2CCCCCC2)cc1. The number of unbranched alkanes of at least 4 members (excludes halogenated alkanes) is 1. The minimum absolute atomic E-state index is 0.0151. The summed E-state index contributed by atoms with van der Waals surface area (Å²) in [4.78, 5) is 30.6. The van der Waals surface area contributed by atoms with E-state index < -0.39 is 9.76 Å². The highest BCUT2D eigenvalue weighted by atomic mass is 35.6. The molecule has 1 unspecified atom stereocenters. The summed E-state index contributed by atoms with van der Waals surface area (Å²) in [5.74, 6) is -0.0576. The molecule has 2 aromatic heterocycles. The van der Waals surface area contributed by atoms with Gasteiger partial charge in [-0.2, -0.15) is 0 Å². The van der Waals surface area contributed by atoms with Crippen LogP contribution < -0.4 is 5.32 Å². The van der Waals surface area contributed by atoms with Crippen molar-refractivity contribution < 1.29 is 14.3 Å². The Kier molecular flexibility index (Phi) is 11.8. The Morgan fingerprint density at radius 1 is 0.933 bits per heavy atom. The number of pyridine rings is 1. The minimum atomic E-state index is -1.66. The number of hydrogen-bond acceptors (Lipinski definition) is 4. The number of aromatic nitrogens is 2. The zero-order chi connectivity index (χ0) is 31.6. The molecule has 6 nitrogen and oxygen atoms in total. The number of hydrogen-bond donors (Lipinski definition) is 1. The molecule has 238 valence electrons. The van der Waals surface area contributed by atoms with Crippen LogP contribution in [0.2, 0.25) is 0 Å². The topological polar surface area (TPSA) is 73.2 Å². The maximum atomic E-state index is 13.6. The molecule has 1 amide bonds. The van der Waals surface area contributed by atoms with Gasteiger partial charge in [-0.15, -0.1) is 0 Å². The number of rotatable bonds is 12. The molecule has 2 aromatic carbocycles. The Hall–Kier alpha value is -3.06. The summed E-state index contributed by atoms with van der Waals surface area (Å²) in [6.07, 6.45) is 14.0. The number of amides is 1. The second kappa shape index (κ2) is 16.0. The molecule has 5 rings (SSSR count). The molecule has 4 aromatic rings. The first-order chi connectivity index (χ1) is 21.8. The van der Waals surface area contributed by atoms with Gasteiger partial charge in [0.25, 0.3) is 0 Å². The molecule has 2 heterocycles. The van der Waals surface area contributed by atoms with E-state index in [2.05, 4.69) is 46.4 Å². The van der Waals surface area contributed by atoms with E-state index in [0.29, 0.717) is 18.0 Å². The lowest BCUT2D eigenvalue weighted by atomic mass is 9.82. The Morgan fingerprint density at radius 2 is 1.67 bits per heavy atom. The van der Waals surface area contributed by atoms with E-state index in [1.807, 2.05) is 30.5 Å². The lowest BCUT2D eigenvalue weighted by Crippen LogP contribution is -2.35. The van der Waals surface area contributed by atoms with Gasteiger partial charge in [0, 0.05) is 42.4 Å². The van der Waals surface area contributed by atoms with E-state index >= 15 is 0 Å². The van der Waals surface area contributed by atoms with Crippen molar-refractivity contribution in [1.29, 1.82) is 0 Å². The molecule has 1 N–H and O–H groups in total. The van der Waals surface area contributed by atoms with Gasteiger partial charge < -0.3 is 14.6 Å². The molecule has 1 aliphatic carbocycles. The van der Waals surface area contributed by atoms with E-state index in [-0.39, 0.29) is 18.4 Å². The van der Waals surface area contributed by atoms with Gasteiger partial charge >= 0.3 is 5.97 Å². The molecule has 1 saturated carbocycles. The molecule has 1 aliphatic rings. The van der Waals surface area contributed by atoms with Crippen LogP contribution in [0.1, 0.15) is 73.7 Å². The fraction of sp³-hybridized carbons (Fsp3) is 0.417. The number of alkyl halides is 3. The molecule has 0 spiro atoms. The number of nitrogens with zero attached hydrogens (tertiary/aromatic N) is 2. The molecule has 1 atom stereocenters. The second-order valence-corrected chi connectivity index (χ2v) is 14.5. The van der Waals surface area contributed by atoms with Crippen molar-refractivity contribution in [2.75, 3.05) is 6.61 Å². The number of nitrogens with one attached hydrogen (secondary N) is 1. The predicted octanol–water partition coefficient (Wildman–Crippen LogP) is 9.30. The maximum Gasteiger partial charge on any atom is 0.338 e. The monoisotopic (exact) mass is 667 g/mol. The first-order valence-corrected chi connectivity index (χ1v) is 17.0. The Balaban J connectivity index is 1.19. The lowest BCUT2D eigenvalue weighted by molar-refractivity contribution is -0.127. The van der Waals surface area contributed by atoms with Crippen molar-refractivity contribution in [3.8, 4) is 11.1 Å². The summed E-state index contributed by atoms with van der Waals surface area (Å²) in [5, 5.41) is 4.35. The van der Waals surface area contributed by atoms with Crippen LogP contribution in [0.25, 0.3) is 22.2 Å². The van der Waals surface area contributed by atoms with Crippen molar-refractivity contribution in [2.24, 2.45) is 11.8 Å². The number of ether oxygens (including phenoxy) is 1. The average Bonchev–Trinajstić information content (AvgIpc) is 3.20. The van der Waals surface area contributed by atoms with Gasteiger partial charge in [-0.05, 0) is 67.0 Å². The predicted molar refractivity (Wildman–Crippen MR) is 183 cm³/mol. The number of carbonyl (C=O) groups is 2. The molecule has 0 saturated heterocycles. The van der Waals surface area contributed by atoms with Gasteiger partial charge in [0.05, 0.1) is 5.56 Å². The summed E-state index contributed by atoms with van der Waals surface area (Å²) in [6, 6.07) is 21.5. The highest BCUT2D eigenvalue weighted by molar-refractivity contribution is 6.67. The third kappa shape index (κ3) is 9.48. The van der Waals surface area contributed by atoms with Crippen LogP contribution in [0, 0.1) is 11.8 Å². The summed E-state index contributed by atoms with van der Waals surface area (Å²) >= 11 is 17.0. The Morgan fingerprint density at radius 3 is 2.38 bits per heavy atom. The van der Waals surface area contributed by atoms with Gasteiger partial charge in [0.1, 0.15) is 12.3 Å². The van der Waals surface area contributed by atoms with Crippen molar-refractivity contribution in [3.05, 3.63) is 90.3 Å². The average molecular weight is 669 g/mol. The largest absolute Gasteiger partial charge is 0.458 e. The van der Waals surface area contributed by atoms with E-state index in [0.717, 1.165) is 55.2 Å². The van der Waals surface area contributed by atoms with Gasteiger partial charge in [0.2, 0.25) is 9.70 Å². The number of halogens is 3. The molecule has 0 bridgehead atoms. The molecular formula is C36H40Cl3N3O3. The van der Waals surface area contributed by atoms with Crippen LogP contribution in [0.3, 0.4) is 0 Å². The lowest BCUT2D eigenvalue weighted by Gasteiger charge is -2.25. The molecular weight excluding hydrogens is 629 g/mol. The second-order valence-electron chi connectivity index (χ2n) is 11.9. The first kappa shape index (κ1) is 33.3. The minimum Gasteiger partial charge on any atom is -0.458 e. The maximum absolute atomic E-state index is 13.6. The molecule has 0 radical (unpaired) electrons. The normalized spacial score (nSPS) is 15.0. The van der Waals surface area contributed by atoms with Crippen LogP contribution in [0.4, 0.5) is 0 Å². The number of carbonyl (C=O) groups excluding carboxylic acids is 2. The zero-order valence-corrected chi connectivity index (χ0v) is 27.7. The number of benzene rings is 2. The van der Waals surface area contributed by atoms with Gasteiger partial charge in [-0.3, -0.25) is 4.79 Å². The highest BCUT2D eigenvalue weighted by Crippen LogP contribution is 2.33. The van der Waals surface area contributed by atoms with E-state index in [1.54, 1.807) is 12.1 Å². The van der Waals surface area contributed by atoms with Crippen LogP contribution in [0.5, 0.6) is 0 Å². The fourth-order valence-electron chi connectivity index (χ4n) is 6.39. The van der Waals surface area contributed by atoms with Gasteiger partial charge in [-0.1, -0.05) is 109 Å². The zero-order valence-electron chi connectivity index (χ0n) is 25.4. The quantitative estimate of drug-likeness (QED) is 0.0707. The summed E-state index contributed by atoms with van der Waals surface area (Å²) in [6.45, 7) is 0.926. The standard InChI is InChI=1S/C36H40Cl3N3O3/c37-36(38,39)25-45-35(44)29-19-17-26(18-20-29)23-41-34(43)30(27-11-4-1-2-5-12-27)15-8-9-22-42-24-32(28-13-6-3-7-14-28)31-16-10-21-40-33(31)42/h3,6-7,10,13-14,16-21,24,27,30H,1-2,4-5,8-9,11-12,15,22-23,25H2,(H,41,43). The van der Waals surface area contributed by atoms with Crippen LogP contribution in [0.15, 0.2) is 79.1 Å². The van der Waals surface area contributed by atoms with Crippen LogP contribution in [-0.4, -0.2) is 31.8 Å². The molecule has 45 heavy (non-hydrogen) atoms. The van der Waals surface area contributed by atoms with Crippen molar-refractivity contribution in [2.45, 2.75) is 74.7 Å². The van der Waals surface area contributed by atoms with Crippen LogP contribution >= 0.6 is 34.8 Å². The van der Waals surface area contributed by atoms with Crippen molar-refractivity contribution in [1.82, 2.24) is 14.9 Å². The van der Waals surface area contributed by atoms with E-state index in [9.17, 15) is 9.59 Å². The number of aryl methyl sites for hydroxylation is 1. The third-order valence-corrected chi connectivity index (χ3v) is 9.04. The van der Waals surface area contributed by atoms with Gasteiger partial charge in [0.15, 0.2) is 0 Å². The van der Waals surface area contributed by atoms with E-state index in [4.69, 9.17) is 44.5 Å². The molecule has 0 aliphatic heterocycles. The molecule has 1 fully saturated rings. The molecule has 9 heteroatoms. The third-order valence-electron chi connectivity index (χ3n) is 8.71. The number of fused-ring (bicyclic) bond motifs is 1. The van der Waals surface area contributed by atoms with Gasteiger partial charge in [-0.25, -0.2) is 9.78 Å². The van der Waals surface area contributed by atoms with E-state index in [1.165, 1.54) is 36.8 Å². The Labute approximate surface area is 280 Å². The Bertz CT molecular complexity index is 1540. The van der Waals surface area contributed by atoms with Crippen molar-refractivity contribution in [3.63, 3.8) is 0 Å².